The van der Waals surface area contributed by atoms with Gasteiger partial charge in [-0.15, -0.1) is 17.0 Å². The molecular formula is C13H14BrN3O2. The van der Waals surface area contributed by atoms with Crippen molar-refractivity contribution < 1.29 is 9.59 Å². The Bertz CT molecular complexity index is 566. The van der Waals surface area contributed by atoms with Crippen molar-refractivity contribution in [2.45, 2.75) is 0 Å². The van der Waals surface area contributed by atoms with Crippen molar-refractivity contribution in [1.29, 1.82) is 0 Å². The molecular weight excluding hydrogens is 310 g/mol. The topological polar surface area (TPSA) is 77.1 Å². The molecule has 0 spiro atoms. The second-order valence-corrected chi connectivity index (χ2v) is 3.70. The van der Waals surface area contributed by atoms with Gasteiger partial charge in [-0.25, -0.2) is 0 Å². The minimum Gasteiger partial charge on any atom is -0.322 e. The average Bonchev–Trinajstić information content (AvgIpc) is 2.86. The molecule has 0 saturated carbocycles. The van der Waals surface area contributed by atoms with Gasteiger partial charge in [0, 0.05) is 11.8 Å². The smallest absolute Gasteiger partial charge is 0.252 e. The number of nitrogens with two attached hydrogens (primary N) is 1. The van der Waals surface area contributed by atoms with Gasteiger partial charge < -0.3 is 5.73 Å². The number of benzene rings is 1. The van der Waals surface area contributed by atoms with Gasteiger partial charge in [-0.2, -0.15) is 0 Å². The molecule has 3 N–H and O–H groups in total. The molecule has 19 heavy (non-hydrogen) atoms. The minimum absolute atomic E-state index is 0. The number of nitrogens with one attached hydrogen (secondary N) is 1. The number of hydrogen-bond donors (Lipinski definition) is 2. The van der Waals surface area contributed by atoms with Crippen LogP contribution in [0.5, 0.6) is 0 Å². The molecule has 0 bridgehead atoms. The molecule has 0 fully saturated rings. The number of nitrogens with zero attached hydrogens (tertiary/aromatic N) is 1. The number of carbonyl (C=O) groups excluding carboxylic acids is 2. The van der Waals surface area contributed by atoms with Crippen molar-refractivity contribution in [3.8, 4) is 0 Å². The van der Waals surface area contributed by atoms with Gasteiger partial charge in [0.05, 0.1) is 6.54 Å². The molecule has 0 aliphatic rings. The second kappa shape index (κ2) is 6.86. The van der Waals surface area contributed by atoms with Crippen molar-refractivity contribution in [2.75, 3.05) is 12.0 Å². The first-order valence-corrected chi connectivity index (χ1v) is 5.49. The maximum atomic E-state index is 12.2. The first-order valence-electron chi connectivity index (χ1n) is 5.49. The number of hydrogen-bond acceptors (Lipinski definition) is 3. The lowest BCUT2D eigenvalue weighted by atomic mass is 10.1. The van der Waals surface area contributed by atoms with E-state index in [2.05, 4.69) is 5.43 Å². The molecule has 1 heterocycles. The standard InChI is InChI=1S/C13H13N3O2.BrH/c14-9-12(17)15-16-8-4-7-11(16)13(18)10-5-2-1-3-6-10;/h1-8H,9,14H2,(H,15,17);1H. The third-order valence-electron chi connectivity index (χ3n) is 2.45. The van der Waals surface area contributed by atoms with Crippen LogP contribution in [0.4, 0.5) is 0 Å². The van der Waals surface area contributed by atoms with E-state index in [0.717, 1.165) is 0 Å². The van der Waals surface area contributed by atoms with Crippen LogP contribution in [0, 0.1) is 0 Å². The van der Waals surface area contributed by atoms with Gasteiger partial charge in [0.25, 0.3) is 5.91 Å². The van der Waals surface area contributed by atoms with Crippen LogP contribution >= 0.6 is 17.0 Å². The molecule has 0 saturated heterocycles. The Hall–Kier alpha value is -1.92. The van der Waals surface area contributed by atoms with Gasteiger partial charge in [-0.05, 0) is 12.1 Å². The highest BCUT2D eigenvalue weighted by molar-refractivity contribution is 8.93. The first-order chi connectivity index (χ1) is 8.72. The summed E-state index contributed by atoms with van der Waals surface area (Å²) in [4.78, 5) is 23.4. The van der Waals surface area contributed by atoms with E-state index >= 15 is 0 Å². The summed E-state index contributed by atoms with van der Waals surface area (Å²) in [6, 6.07) is 12.2. The maximum absolute atomic E-state index is 12.2. The van der Waals surface area contributed by atoms with Gasteiger partial charge in [0.1, 0.15) is 5.69 Å². The molecule has 2 rings (SSSR count). The Kier molecular flexibility index (Phi) is 5.47. The monoisotopic (exact) mass is 323 g/mol. The molecule has 2 aromatic rings. The summed E-state index contributed by atoms with van der Waals surface area (Å²) in [5, 5.41) is 0. The van der Waals surface area contributed by atoms with E-state index < -0.39 is 0 Å². The number of amides is 1. The fraction of sp³-hybridized carbons (Fsp3) is 0.0769. The molecule has 1 amide bonds. The van der Waals surface area contributed by atoms with Crippen molar-refractivity contribution in [3.63, 3.8) is 0 Å². The summed E-state index contributed by atoms with van der Waals surface area (Å²) in [7, 11) is 0. The van der Waals surface area contributed by atoms with Gasteiger partial charge in [0.2, 0.25) is 5.78 Å². The predicted octanol–water partition coefficient (Wildman–Crippen LogP) is 1.33. The number of halogens is 1. The zero-order valence-corrected chi connectivity index (χ0v) is 11.8. The SMILES string of the molecule is Br.NCC(=O)Nn1cccc1C(=O)c1ccccc1. The summed E-state index contributed by atoms with van der Waals surface area (Å²) in [5.41, 5.74) is 8.70. The summed E-state index contributed by atoms with van der Waals surface area (Å²) < 4.78 is 1.38. The minimum atomic E-state index is -0.353. The lowest BCUT2D eigenvalue weighted by molar-refractivity contribution is -0.115. The highest BCUT2D eigenvalue weighted by Crippen LogP contribution is 2.09. The van der Waals surface area contributed by atoms with Gasteiger partial charge in [-0.1, -0.05) is 30.3 Å². The van der Waals surface area contributed by atoms with Crippen LogP contribution in [0.25, 0.3) is 0 Å². The average molecular weight is 324 g/mol. The third kappa shape index (κ3) is 3.52. The van der Waals surface area contributed by atoms with Crippen molar-refractivity contribution >= 4 is 28.7 Å². The van der Waals surface area contributed by atoms with E-state index in [9.17, 15) is 9.59 Å². The molecule has 0 atom stereocenters. The van der Waals surface area contributed by atoms with Crippen LogP contribution in [-0.4, -0.2) is 22.9 Å². The van der Waals surface area contributed by atoms with Crippen LogP contribution in [0.3, 0.4) is 0 Å². The van der Waals surface area contributed by atoms with Crippen LogP contribution in [0.1, 0.15) is 16.1 Å². The fourth-order valence-electron chi connectivity index (χ4n) is 1.58. The highest BCUT2D eigenvalue weighted by atomic mass is 79.9. The molecule has 0 radical (unpaired) electrons. The third-order valence-corrected chi connectivity index (χ3v) is 2.45. The first kappa shape index (κ1) is 15.1. The predicted molar refractivity (Wildman–Crippen MR) is 78.1 cm³/mol. The molecule has 5 nitrogen and oxygen atoms in total. The molecule has 100 valence electrons. The van der Waals surface area contributed by atoms with E-state index in [4.69, 9.17) is 5.73 Å². The molecule has 0 aliphatic carbocycles. The van der Waals surface area contributed by atoms with E-state index in [0.29, 0.717) is 11.3 Å². The van der Waals surface area contributed by atoms with Crippen LogP contribution in [0.15, 0.2) is 48.7 Å². The molecule has 0 aliphatic heterocycles. The Labute approximate surface area is 121 Å². The van der Waals surface area contributed by atoms with Gasteiger partial charge in [-0.3, -0.25) is 19.7 Å². The van der Waals surface area contributed by atoms with Gasteiger partial charge in [0.15, 0.2) is 0 Å². The summed E-state index contributed by atoms with van der Waals surface area (Å²) in [6.45, 7) is -0.128. The zero-order chi connectivity index (χ0) is 13.0. The number of aromatic nitrogens is 1. The highest BCUT2D eigenvalue weighted by Gasteiger charge is 2.13. The number of rotatable bonds is 4. The fourth-order valence-corrected chi connectivity index (χ4v) is 1.58. The number of carbonyl (C=O) groups is 2. The van der Waals surface area contributed by atoms with E-state index in [1.165, 1.54) is 4.68 Å². The Morgan fingerprint density at radius 3 is 2.42 bits per heavy atom. The second-order valence-electron chi connectivity index (χ2n) is 3.70. The van der Waals surface area contributed by atoms with E-state index in [-0.39, 0.29) is 35.2 Å². The molecule has 6 heteroatoms. The summed E-state index contributed by atoms with van der Waals surface area (Å²) >= 11 is 0. The number of ketones is 1. The Morgan fingerprint density at radius 2 is 1.79 bits per heavy atom. The van der Waals surface area contributed by atoms with Crippen molar-refractivity contribution in [2.24, 2.45) is 5.73 Å². The quantitative estimate of drug-likeness (QED) is 0.833. The largest absolute Gasteiger partial charge is 0.322 e. The summed E-state index contributed by atoms with van der Waals surface area (Å²) in [5.74, 6) is -0.508. The lowest BCUT2D eigenvalue weighted by Crippen LogP contribution is -2.30. The normalized spacial score (nSPS) is 9.53. The van der Waals surface area contributed by atoms with Crippen molar-refractivity contribution in [3.05, 3.63) is 59.9 Å². The maximum Gasteiger partial charge on any atom is 0.252 e. The molecule has 0 unspecified atom stereocenters. The van der Waals surface area contributed by atoms with E-state index in [1.54, 1.807) is 42.6 Å². The van der Waals surface area contributed by atoms with Crippen molar-refractivity contribution in [1.82, 2.24) is 4.68 Å². The molecule has 1 aromatic heterocycles. The van der Waals surface area contributed by atoms with Crippen LogP contribution < -0.4 is 11.2 Å². The van der Waals surface area contributed by atoms with Gasteiger partial charge >= 0.3 is 0 Å². The lowest BCUT2D eigenvalue weighted by Gasteiger charge is -2.09. The van der Waals surface area contributed by atoms with E-state index in [1.807, 2.05) is 6.07 Å². The van der Waals surface area contributed by atoms with Crippen LogP contribution in [-0.2, 0) is 4.79 Å². The Morgan fingerprint density at radius 1 is 1.11 bits per heavy atom. The Balaban J connectivity index is 0.00000180. The summed E-state index contributed by atoms with van der Waals surface area (Å²) in [6.07, 6.45) is 1.60. The zero-order valence-electron chi connectivity index (χ0n) is 10.1. The molecule has 1 aromatic carbocycles. The van der Waals surface area contributed by atoms with Crippen LogP contribution in [0.2, 0.25) is 0 Å².